The van der Waals surface area contributed by atoms with Crippen LogP contribution in [0.5, 0.6) is 5.75 Å². The first kappa shape index (κ1) is 28.4. The van der Waals surface area contributed by atoms with Gasteiger partial charge in [0, 0.05) is 17.6 Å². The molecule has 39 heavy (non-hydrogen) atoms. The molecule has 8 nitrogen and oxygen atoms in total. The summed E-state index contributed by atoms with van der Waals surface area (Å²) in [6.07, 6.45) is 2.12. The second kappa shape index (κ2) is 13.5. The van der Waals surface area contributed by atoms with Crippen LogP contribution >= 0.6 is 11.6 Å². The van der Waals surface area contributed by atoms with Crippen molar-refractivity contribution in [1.82, 2.24) is 9.62 Å². The van der Waals surface area contributed by atoms with Gasteiger partial charge in [-0.15, -0.1) is 0 Å². The molecule has 1 N–H and O–H groups in total. The standard InChI is InChI=1S/C29H31ClN2O6S/c30-24-15-13-23(14-16-24)20-37-27-12-5-4-11-26(27)28(33)31-39(35,36)19-17-25-10-6-7-18-32(25)29(34)38-21-22-8-2-1-3-9-22/h1-5,8-9,11-16,25H,6-7,10,17-21H2,(H,31,33)/t25-/m1/s1. The van der Waals surface area contributed by atoms with E-state index in [9.17, 15) is 18.0 Å². The average Bonchev–Trinajstić information content (AvgIpc) is 2.95. The van der Waals surface area contributed by atoms with Gasteiger partial charge in [0.2, 0.25) is 10.0 Å². The zero-order chi connectivity index (χ0) is 27.7. The minimum atomic E-state index is -3.97. The van der Waals surface area contributed by atoms with Gasteiger partial charge in [-0.3, -0.25) is 4.79 Å². The summed E-state index contributed by atoms with van der Waals surface area (Å²) < 4.78 is 39.1. The first-order valence-electron chi connectivity index (χ1n) is 12.8. The number of hydrogen-bond acceptors (Lipinski definition) is 6. The summed E-state index contributed by atoms with van der Waals surface area (Å²) in [5.74, 6) is -0.816. The molecule has 1 fully saturated rings. The molecule has 0 spiro atoms. The van der Waals surface area contributed by atoms with E-state index < -0.39 is 22.0 Å². The van der Waals surface area contributed by atoms with Crippen LogP contribution in [-0.4, -0.2) is 43.7 Å². The van der Waals surface area contributed by atoms with Gasteiger partial charge in [-0.05, 0) is 61.1 Å². The molecule has 1 aliphatic rings. The third kappa shape index (κ3) is 8.46. The SMILES string of the molecule is O=C(NS(=O)(=O)CC[C@H]1CCCCN1C(=O)OCc1ccccc1)c1ccccc1OCc1ccc(Cl)cc1. The fourth-order valence-corrected chi connectivity index (χ4v) is 5.61. The molecule has 0 aliphatic carbocycles. The first-order chi connectivity index (χ1) is 18.8. The maximum atomic E-state index is 12.9. The van der Waals surface area contributed by atoms with Crippen LogP contribution < -0.4 is 9.46 Å². The van der Waals surface area contributed by atoms with Crippen LogP contribution in [0.25, 0.3) is 0 Å². The number of rotatable bonds is 10. The Bertz CT molecular complexity index is 1370. The molecule has 1 atom stereocenters. The monoisotopic (exact) mass is 570 g/mol. The van der Waals surface area contributed by atoms with Crippen molar-refractivity contribution < 1.29 is 27.5 Å². The van der Waals surface area contributed by atoms with Crippen LogP contribution in [0.15, 0.2) is 78.9 Å². The first-order valence-corrected chi connectivity index (χ1v) is 14.8. The van der Waals surface area contributed by atoms with E-state index in [1.165, 1.54) is 6.07 Å². The van der Waals surface area contributed by atoms with E-state index in [-0.39, 0.29) is 42.7 Å². The van der Waals surface area contributed by atoms with Gasteiger partial charge in [0.1, 0.15) is 19.0 Å². The van der Waals surface area contributed by atoms with Crippen LogP contribution in [0.3, 0.4) is 0 Å². The van der Waals surface area contributed by atoms with Gasteiger partial charge in [0.15, 0.2) is 0 Å². The van der Waals surface area contributed by atoms with E-state index in [4.69, 9.17) is 21.1 Å². The molecule has 206 valence electrons. The number of hydrogen-bond donors (Lipinski definition) is 1. The van der Waals surface area contributed by atoms with Crippen molar-refractivity contribution in [1.29, 1.82) is 0 Å². The Labute approximate surface area is 233 Å². The van der Waals surface area contributed by atoms with E-state index in [2.05, 4.69) is 4.72 Å². The molecule has 0 radical (unpaired) electrons. The van der Waals surface area contributed by atoms with Crippen LogP contribution in [-0.2, 0) is 28.0 Å². The molecular weight excluding hydrogens is 540 g/mol. The van der Waals surface area contributed by atoms with Gasteiger partial charge in [-0.1, -0.05) is 66.2 Å². The largest absolute Gasteiger partial charge is 0.488 e. The molecule has 0 unspecified atom stereocenters. The summed E-state index contributed by atoms with van der Waals surface area (Å²) in [5, 5.41) is 0.601. The van der Waals surface area contributed by atoms with Crippen LogP contribution in [0.1, 0.15) is 47.2 Å². The summed E-state index contributed by atoms with van der Waals surface area (Å²) in [6.45, 7) is 0.839. The number of amides is 2. The van der Waals surface area contributed by atoms with E-state index in [1.54, 1.807) is 35.2 Å². The second-order valence-electron chi connectivity index (χ2n) is 9.33. The maximum absolute atomic E-state index is 12.9. The second-order valence-corrected chi connectivity index (χ2v) is 11.6. The van der Waals surface area contributed by atoms with Gasteiger partial charge < -0.3 is 14.4 Å². The quantitative estimate of drug-likeness (QED) is 0.342. The molecule has 4 rings (SSSR count). The lowest BCUT2D eigenvalue weighted by Crippen LogP contribution is -2.45. The highest BCUT2D eigenvalue weighted by atomic mass is 35.5. The number of sulfonamides is 1. The summed E-state index contributed by atoms with van der Waals surface area (Å²) in [6, 6.07) is 22.6. The van der Waals surface area contributed by atoms with Crippen molar-refractivity contribution in [3.05, 3.63) is 101 Å². The third-order valence-electron chi connectivity index (χ3n) is 6.47. The number of ether oxygens (including phenoxy) is 2. The van der Waals surface area contributed by atoms with Crippen LogP contribution in [0, 0.1) is 0 Å². The van der Waals surface area contributed by atoms with Gasteiger partial charge >= 0.3 is 6.09 Å². The highest BCUT2D eigenvalue weighted by Gasteiger charge is 2.30. The van der Waals surface area contributed by atoms with E-state index in [1.807, 2.05) is 42.5 Å². The molecule has 0 bridgehead atoms. The Morgan fingerprint density at radius 2 is 1.59 bits per heavy atom. The minimum absolute atomic E-state index is 0.110. The highest BCUT2D eigenvalue weighted by molar-refractivity contribution is 7.90. The smallest absolute Gasteiger partial charge is 0.410 e. The zero-order valence-electron chi connectivity index (χ0n) is 21.4. The highest BCUT2D eigenvalue weighted by Crippen LogP contribution is 2.23. The van der Waals surface area contributed by atoms with Gasteiger partial charge in [0.25, 0.3) is 5.91 Å². The van der Waals surface area contributed by atoms with Gasteiger partial charge in [-0.25, -0.2) is 17.9 Å². The van der Waals surface area contributed by atoms with Crippen molar-refractivity contribution >= 4 is 33.6 Å². The predicted octanol–water partition coefficient (Wildman–Crippen LogP) is 5.56. The van der Waals surface area contributed by atoms with Crippen molar-refractivity contribution in [2.45, 2.75) is 44.9 Å². The molecule has 3 aromatic rings. The normalized spacial score (nSPS) is 15.4. The van der Waals surface area contributed by atoms with E-state index >= 15 is 0 Å². The summed E-state index contributed by atoms with van der Waals surface area (Å²) in [5.41, 5.74) is 1.84. The number of benzene rings is 3. The minimum Gasteiger partial charge on any atom is -0.488 e. The Balaban J connectivity index is 1.32. The number of carbonyl (C=O) groups excluding carboxylic acids is 2. The number of halogens is 1. The van der Waals surface area contributed by atoms with E-state index in [0.717, 1.165) is 24.0 Å². The molecule has 1 saturated heterocycles. The summed E-state index contributed by atoms with van der Waals surface area (Å²) >= 11 is 5.92. The predicted molar refractivity (Wildman–Crippen MR) is 149 cm³/mol. The molecular formula is C29H31ClN2O6S. The molecule has 10 heteroatoms. The number of para-hydroxylation sites is 1. The number of likely N-dealkylation sites (tertiary alicyclic amines) is 1. The Kier molecular flexibility index (Phi) is 9.84. The topological polar surface area (TPSA) is 102 Å². The Morgan fingerprint density at radius 1 is 0.897 bits per heavy atom. The molecule has 1 heterocycles. The molecule has 1 aliphatic heterocycles. The van der Waals surface area contributed by atoms with E-state index in [0.29, 0.717) is 18.0 Å². The number of carbonyl (C=O) groups is 2. The average molecular weight is 571 g/mol. The molecule has 0 saturated carbocycles. The van der Waals surface area contributed by atoms with Crippen molar-refractivity contribution in [2.24, 2.45) is 0 Å². The number of piperidine rings is 1. The van der Waals surface area contributed by atoms with Gasteiger partial charge in [0.05, 0.1) is 11.3 Å². The summed E-state index contributed by atoms with van der Waals surface area (Å²) in [7, 11) is -3.97. The Hall–Kier alpha value is -3.56. The van der Waals surface area contributed by atoms with Crippen LogP contribution in [0.2, 0.25) is 5.02 Å². The van der Waals surface area contributed by atoms with Crippen molar-refractivity contribution in [3.63, 3.8) is 0 Å². The van der Waals surface area contributed by atoms with Crippen molar-refractivity contribution in [3.8, 4) is 5.75 Å². The lowest BCUT2D eigenvalue weighted by molar-refractivity contribution is 0.0672. The fourth-order valence-electron chi connectivity index (χ4n) is 4.40. The lowest BCUT2D eigenvalue weighted by atomic mass is 10.0. The molecule has 2 amide bonds. The number of nitrogens with zero attached hydrogens (tertiary/aromatic N) is 1. The third-order valence-corrected chi connectivity index (χ3v) is 8.00. The molecule has 0 aromatic heterocycles. The fraction of sp³-hybridized carbons (Fsp3) is 0.310. The van der Waals surface area contributed by atoms with Crippen molar-refractivity contribution in [2.75, 3.05) is 12.3 Å². The lowest BCUT2D eigenvalue weighted by Gasteiger charge is -2.34. The maximum Gasteiger partial charge on any atom is 0.410 e. The van der Waals surface area contributed by atoms with Gasteiger partial charge in [-0.2, -0.15) is 0 Å². The molecule has 3 aromatic carbocycles. The summed E-state index contributed by atoms with van der Waals surface area (Å²) in [4.78, 5) is 27.3. The van der Waals surface area contributed by atoms with Crippen LogP contribution in [0.4, 0.5) is 4.79 Å². The Morgan fingerprint density at radius 3 is 2.36 bits per heavy atom. The zero-order valence-corrected chi connectivity index (χ0v) is 23.0. The number of nitrogens with one attached hydrogen (secondary N) is 1.